The first-order chi connectivity index (χ1) is 41.1. The van der Waals surface area contributed by atoms with Crippen LogP contribution in [0.3, 0.4) is 0 Å². The monoisotopic (exact) mass is 1090 g/mol. The van der Waals surface area contributed by atoms with Gasteiger partial charge in [-0.2, -0.15) is 0 Å². The van der Waals surface area contributed by atoms with Crippen molar-refractivity contribution >= 4 is 99.7 Å². The normalized spacial score (nSPS) is 16.2. The van der Waals surface area contributed by atoms with E-state index in [-0.39, 0.29) is 6.04 Å². The molecule has 0 amide bonds. The molecule has 1 aliphatic heterocycles. The molecule has 83 heavy (non-hydrogen) atoms. The van der Waals surface area contributed by atoms with Crippen molar-refractivity contribution in [3.05, 3.63) is 315 Å². The van der Waals surface area contributed by atoms with Gasteiger partial charge in [-0.15, -0.1) is 10.2 Å². The lowest BCUT2D eigenvalue weighted by atomic mass is 10.0. The minimum absolute atomic E-state index is 0.183. The van der Waals surface area contributed by atoms with E-state index in [4.69, 9.17) is 9.97 Å². The van der Waals surface area contributed by atoms with Crippen LogP contribution in [-0.4, -0.2) is 28.0 Å². The highest BCUT2D eigenvalue weighted by Crippen LogP contribution is 2.59. The summed E-state index contributed by atoms with van der Waals surface area (Å²) in [6.07, 6.45) is 19.0. The maximum Gasteiger partial charge on any atom is 0.0973 e. The Morgan fingerprint density at radius 3 is 1.23 bits per heavy atom. The van der Waals surface area contributed by atoms with E-state index >= 15 is 0 Å². The Kier molecular flexibility index (Phi) is 13.7. The molecular weight excluding hydrogens is 1030 g/mol. The fourth-order valence-electron chi connectivity index (χ4n) is 12.0. The number of allylic oxidation sites excluding steroid dienone is 4. The first-order valence-electron chi connectivity index (χ1n) is 28.4. The Bertz CT molecular complexity index is 4370. The van der Waals surface area contributed by atoms with Crippen molar-refractivity contribution in [1.82, 2.24) is 9.97 Å². The van der Waals surface area contributed by atoms with Gasteiger partial charge < -0.3 is 14.7 Å². The predicted molar refractivity (Wildman–Crippen MR) is 355 cm³/mol. The van der Waals surface area contributed by atoms with E-state index in [9.17, 15) is 0 Å². The van der Waals surface area contributed by atoms with Gasteiger partial charge in [0.15, 0.2) is 0 Å². The molecule has 2 atom stereocenters. The van der Waals surface area contributed by atoms with E-state index in [1.807, 2.05) is 12.1 Å². The van der Waals surface area contributed by atoms with Gasteiger partial charge >= 0.3 is 0 Å². The molecule has 2 aliphatic rings. The lowest BCUT2D eigenvalue weighted by molar-refractivity contribution is 0.787. The van der Waals surface area contributed by atoms with Gasteiger partial charge in [0.25, 0.3) is 0 Å². The first-order valence-corrected chi connectivity index (χ1v) is 30.6. The molecule has 7 heteroatoms. The molecule has 0 spiro atoms. The largest absolute Gasteiger partial charge is 0.334 e. The minimum atomic E-state index is -1.54. The van der Waals surface area contributed by atoms with Gasteiger partial charge in [0.1, 0.15) is 0 Å². The summed E-state index contributed by atoms with van der Waals surface area (Å²) in [6.45, 7) is 0. The van der Waals surface area contributed by atoms with Crippen molar-refractivity contribution in [1.29, 1.82) is 0 Å². The predicted octanol–water partition coefficient (Wildman–Crippen LogP) is 20.8. The number of aromatic nitrogens is 2. The second kappa shape index (κ2) is 22.4. The maximum absolute atomic E-state index is 5.42. The number of hydrogen-bond acceptors (Lipinski definition) is 6. The third-order valence-electron chi connectivity index (χ3n) is 15.9. The zero-order valence-corrected chi connectivity index (χ0v) is 46.9. The van der Waals surface area contributed by atoms with Crippen LogP contribution in [0.4, 0.5) is 56.9 Å². The summed E-state index contributed by atoms with van der Waals surface area (Å²) in [7, 11) is -1.54. The minimum Gasteiger partial charge on any atom is -0.334 e. The Hall–Kier alpha value is -10.2. The molecule has 6 nitrogen and oxygen atoms in total. The van der Waals surface area contributed by atoms with Crippen LogP contribution in [0, 0.1) is 0 Å². The van der Waals surface area contributed by atoms with E-state index in [0.717, 1.165) is 96.3 Å². The molecule has 12 aromatic rings. The number of fused-ring (bicyclic) bond motifs is 3. The molecule has 11 aromatic carbocycles. The van der Waals surface area contributed by atoms with Crippen LogP contribution >= 0.6 is 10.2 Å². The number of rotatable bonds is 14. The van der Waals surface area contributed by atoms with Crippen LogP contribution in [0.25, 0.3) is 55.1 Å². The SMILES string of the molecule is CS1(N(c2ccc(-c3nc4ccccc4nc3-c3ccc(N(c4ccccc4)c4cccc5c(N(c6ccccc6)c6ccccc6)cccc45)cc3)cc2)c2cccc3c(N(c4ccccc4)C4C=CC=CC4)cccc23)C=CC=CC1. The lowest BCUT2D eigenvalue weighted by Gasteiger charge is -2.46. The number of hydrogen-bond donors (Lipinski definition) is 0. The van der Waals surface area contributed by atoms with E-state index in [1.165, 1.54) is 27.8 Å². The summed E-state index contributed by atoms with van der Waals surface area (Å²) < 4.78 is 2.61. The highest BCUT2D eigenvalue weighted by Gasteiger charge is 2.30. The van der Waals surface area contributed by atoms with Gasteiger partial charge in [0.05, 0.1) is 51.2 Å². The fraction of sp³-hybridized carbons (Fsp3) is 0.0526. The molecule has 1 aliphatic carbocycles. The first kappa shape index (κ1) is 51.0. The molecular formula is C76H60N6S. The van der Waals surface area contributed by atoms with Gasteiger partial charge in [0, 0.05) is 72.5 Å². The molecule has 2 heterocycles. The fourth-order valence-corrected chi connectivity index (χ4v) is 14.6. The second-order valence-corrected chi connectivity index (χ2v) is 24.3. The Labute approximate surface area is 487 Å². The molecule has 1 aromatic heterocycles. The van der Waals surface area contributed by atoms with Crippen LogP contribution in [0.15, 0.2) is 315 Å². The topological polar surface area (TPSA) is 38.7 Å². The van der Waals surface area contributed by atoms with Crippen molar-refractivity contribution < 1.29 is 0 Å². The Morgan fingerprint density at radius 1 is 0.349 bits per heavy atom. The van der Waals surface area contributed by atoms with Crippen molar-refractivity contribution in [2.45, 2.75) is 12.5 Å². The summed E-state index contributed by atoms with van der Waals surface area (Å²) in [6, 6.07) is 95.9. The van der Waals surface area contributed by atoms with E-state index in [1.54, 1.807) is 0 Å². The average molecular weight is 1090 g/mol. The van der Waals surface area contributed by atoms with Gasteiger partial charge in [-0.05, 0) is 127 Å². The molecule has 0 radical (unpaired) electrons. The molecule has 0 bridgehead atoms. The average Bonchev–Trinajstić information content (AvgIpc) is 3.72. The zero-order chi connectivity index (χ0) is 55.5. The number of nitrogens with zero attached hydrogens (tertiary/aromatic N) is 6. The van der Waals surface area contributed by atoms with E-state index in [0.29, 0.717) is 0 Å². The molecule has 0 saturated heterocycles. The Morgan fingerprint density at radius 2 is 0.759 bits per heavy atom. The van der Waals surface area contributed by atoms with Gasteiger partial charge in [-0.25, -0.2) is 9.97 Å². The smallest absolute Gasteiger partial charge is 0.0973 e. The van der Waals surface area contributed by atoms with Crippen molar-refractivity contribution in [3.63, 3.8) is 0 Å². The summed E-state index contributed by atoms with van der Waals surface area (Å²) in [5.41, 5.74) is 16.5. The van der Waals surface area contributed by atoms with Gasteiger partial charge in [-0.1, -0.05) is 200 Å². The van der Waals surface area contributed by atoms with Crippen LogP contribution in [0.5, 0.6) is 0 Å². The molecule has 400 valence electrons. The molecule has 0 N–H and O–H groups in total. The van der Waals surface area contributed by atoms with Crippen molar-refractivity contribution in [2.24, 2.45) is 0 Å². The van der Waals surface area contributed by atoms with Crippen molar-refractivity contribution in [2.75, 3.05) is 31.0 Å². The molecule has 2 unspecified atom stereocenters. The maximum atomic E-state index is 5.42. The highest BCUT2D eigenvalue weighted by molar-refractivity contribution is 8.36. The van der Waals surface area contributed by atoms with Crippen LogP contribution in [-0.2, 0) is 0 Å². The van der Waals surface area contributed by atoms with E-state index < -0.39 is 10.2 Å². The number of anilines is 10. The van der Waals surface area contributed by atoms with Crippen LogP contribution in [0.2, 0.25) is 0 Å². The van der Waals surface area contributed by atoms with Crippen LogP contribution < -0.4 is 19.0 Å². The Balaban J connectivity index is 0.853. The summed E-state index contributed by atoms with van der Waals surface area (Å²) in [4.78, 5) is 18.1. The number of para-hydroxylation sites is 6. The summed E-state index contributed by atoms with van der Waals surface area (Å²) >= 11 is 0. The standard InChI is InChI=1S/C76H60N6S/c1-83(54-20-7-21-55-83)82(74-45-25-38-67-68(74)39-24-44-73(67)80(60-30-12-4-13-31-60)61-32-14-5-15-33-61)64-52-48-57(49-53-64)76-75(77-69-40-18-19-41-70(69)78-76)56-46-50-63(51-47-56)81(62-34-16-6-17-35-62)72-43-23-36-65-66(72)37-22-42-71(65)79(58-26-8-2-9-27-58)59-28-10-3-11-29-59/h2-32,34-54,61H,33,55H2,1H3. The molecule has 14 rings (SSSR count). The zero-order valence-electron chi connectivity index (χ0n) is 46.1. The lowest BCUT2D eigenvalue weighted by Crippen LogP contribution is -2.30. The van der Waals surface area contributed by atoms with E-state index in [2.05, 4.69) is 328 Å². The third kappa shape index (κ3) is 9.81. The van der Waals surface area contributed by atoms with Gasteiger partial charge in [-0.3, -0.25) is 4.31 Å². The van der Waals surface area contributed by atoms with Crippen LogP contribution in [0.1, 0.15) is 6.42 Å². The molecule has 0 saturated carbocycles. The molecule has 0 fully saturated rings. The van der Waals surface area contributed by atoms with Gasteiger partial charge in [0.2, 0.25) is 0 Å². The van der Waals surface area contributed by atoms with Crippen molar-refractivity contribution in [3.8, 4) is 22.5 Å². The quantitative estimate of drug-likeness (QED) is 0.108. The highest BCUT2D eigenvalue weighted by atomic mass is 32.3. The second-order valence-electron chi connectivity index (χ2n) is 21.1. The summed E-state index contributed by atoms with van der Waals surface area (Å²) in [5.74, 6) is 0.928. The number of benzene rings is 11. The third-order valence-corrected chi connectivity index (χ3v) is 18.7. The summed E-state index contributed by atoms with van der Waals surface area (Å²) in [5, 5.41) is 7.13.